The van der Waals surface area contributed by atoms with Gasteiger partial charge in [-0.1, -0.05) is 41.6 Å². The van der Waals surface area contributed by atoms with Crippen molar-refractivity contribution < 1.29 is 4.52 Å². The molecule has 1 atom stereocenters. The van der Waals surface area contributed by atoms with Gasteiger partial charge in [-0.15, -0.1) is 0 Å². The van der Waals surface area contributed by atoms with Gasteiger partial charge in [-0.2, -0.15) is 4.98 Å². The lowest BCUT2D eigenvalue weighted by molar-refractivity contribution is 0.356. The summed E-state index contributed by atoms with van der Waals surface area (Å²) in [6.45, 7) is 0. The molecule has 0 amide bonds. The first kappa shape index (κ1) is 11.2. The van der Waals surface area contributed by atoms with Gasteiger partial charge in [-0.3, -0.25) is 0 Å². The number of rotatable bonds is 2. The summed E-state index contributed by atoms with van der Waals surface area (Å²) in [5.74, 6) is 1.51. The summed E-state index contributed by atoms with van der Waals surface area (Å²) < 4.78 is 5.42. The zero-order chi connectivity index (χ0) is 13.5. The Morgan fingerprint density at radius 1 is 1.10 bits per heavy atom. The first-order chi connectivity index (χ1) is 9.81. The second-order valence-corrected chi connectivity index (χ2v) is 5.04. The van der Waals surface area contributed by atoms with E-state index in [0.29, 0.717) is 17.4 Å². The highest BCUT2D eigenvalue weighted by Gasteiger charge is 2.31. The van der Waals surface area contributed by atoms with Crippen molar-refractivity contribution in [3.8, 4) is 11.4 Å². The quantitative estimate of drug-likeness (QED) is 0.722. The van der Waals surface area contributed by atoms with Crippen molar-refractivity contribution in [2.24, 2.45) is 0 Å². The molecule has 1 aliphatic rings. The lowest BCUT2D eigenvalue weighted by Crippen LogP contribution is -2.18. The van der Waals surface area contributed by atoms with E-state index in [2.05, 4.69) is 28.3 Å². The molecule has 3 aromatic rings. The molecule has 1 aromatic heterocycles. The first-order valence-corrected chi connectivity index (χ1v) is 6.58. The molecular weight excluding hydrogens is 250 g/mol. The standard InChI is InChI=1S/C16H13N3O/c17-12-6-3-5-11(8-12)15-18-16(20-19-15)14-9-10-4-1-2-7-13(10)14/h1-8,14H,9,17H2. The smallest absolute Gasteiger partial charge is 0.234 e. The Kier molecular flexibility index (Phi) is 2.36. The van der Waals surface area contributed by atoms with E-state index in [1.54, 1.807) is 0 Å². The Bertz CT molecular complexity index is 779. The zero-order valence-corrected chi connectivity index (χ0v) is 10.8. The van der Waals surface area contributed by atoms with Crippen molar-refractivity contribution in [1.29, 1.82) is 0 Å². The average molecular weight is 263 g/mol. The summed E-state index contributed by atoms with van der Waals surface area (Å²) in [5.41, 5.74) is 10.0. The number of fused-ring (bicyclic) bond motifs is 1. The molecule has 20 heavy (non-hydrogen) atoms. The largest absolute Gasteiger partial charge is 0.399 e. The van der Waals surface area contributed by atoms with Gasteiger partial charge in [0.1, 0.15) is 0 Å². The molecule has 0 spiro atoms. The van der Waals surface area contributed by atoms with E-state index in [4.69, 9.17) is 10.3 Å². The predicted molar refractivity (Wildman–Crippen MR) is 76.1 cm³/mol. The Hall–Kier alpha value is -2.62. The summed E-state index contributed by atoms with van der Waals surface area (Å²) in [5, 5.41) is 4.06. The fourth-order valence-electron chi connectivity index (χ4n) is 2.65. The third kappa shape index (κ3) is 1.69. The van der Waals surface area contributed by atoms with E-state index < -0.39 is 0 Å². The number of hydrogen-bond donors (Lipinski definition) is 1. The molecule has 0 bridgehead atoms. The van der Waals surface area contributed by atoms with Crippen LogP contribution in [0.5, 0.6) is 0 Å². The Labute approximate surface area is 116 Å². The molecule has 0 saturated carbocycles. The second kappa shape index (κ2) is 4.20. The number of benzene rings is 2. The van der Waals surface area contributed by atoms with Crippen LogP contribution >= 0.6 is 0 Å². The molecule has 0 saturated heterocycles. The van der Waals surface area contributed by atoms with Crippen LogP contribution in [0.25, 0.3) is 11.4 Å². The van der Waals surface area contributed by atoms with Crippen LogP contribution in [0.2, 0.25) is 0 Å². The molecule has 0 radical (unpaired) electrons. The van der Waals surface area contributed by atoms with Crippen LogP contribution in [-0.4, -0.2) is 10.1 Å². The third-order valence-electron chi connectivity index (χ3n) is 3.74. The lowest BCUT2D eigenvalue weighted by atomic mass is 9.77. The molecule has 1 heterocycles. The van der Waals surface area contributed by atoms with Crippen LogP contribution in [0.1, 0.15) is 22.9 Å². The van der Waals surface area contributed by atoms with Crippen LogP contribution in [0.3, 0.4) is 0 Å². The van der Waals surface area contributed by atoms with Crippen molar-refractivity contribution in [3.63, 3.8) is 0 Å². The number of nitrogen functional groups attached to an aromatic ring is 1. The summed E-state index contributed by atoms with van der Waals surface area (Å²) in [7, 11) is 0. The van der Waals surface area contributed by atoms with E-state index in [1.165, 1.54) is 11.1 Å². The molecule has 0 fully saturated rings. The number of hydrogen-bond acceptors (Lipinski definition) is 4. The Morgan fingerprint density at radius 2 is 2.00 bits per heavy atom. The van der Waals surface area contributed by atoms with Gasteiger partial charge in [0, 0.05) is 11.3 Å². The zero-order valence-electron chi connectivity index (χ0n) is 10.8. The van der Waals surface area contributed by atoms with E-state index in [0.717, 1.165) is 12.0 Å². The maximum Gasteiger partial charge on any atom is 0.234 e. The second-order valence-electron chi connectivity index (χ2n) is 5.04. The van der Waals surface area contributed by atoms with E-state index >= 15 is 0 Å². The normalized spacial score (nSPS) is 16.5. The number of nitrogens with zero attached hydrogens (tertiary/aromatic N) is 2. The summed E-state index contributed by atoms with van der Waals surface area (Å²) in [6, 6.07) is 15.9. The fraction of sp³-hybridized carbons (Fsp3) is 0.125. The van der Waals surface area contributed by atoms with E-state index in [1.807, 2.05) is 30.3 Å². The van der Waals surface area contributed by atoms with Crippen molar-refractivity contribution in [2.45, 2.75) is 12.3 Å². The molecule has 4 rings (SSSR count). The maximum atomic E-state index is 5.78. The van der Waals surface area contributed by atoms with Crippen LogP contribution in [0.4, 0.5) is 5.69 Å². The third-order valence-corrected chi connectivity index (χ3v) is 3.74. The van der Waals surface area contributed by atoms with Crippen LogP contribution < -0.4 is 5.73 Å². The molecule has 1 aliphatic carbocycles. The monoisotopic (exact) mass is 263 g/mol. The molecule has 1 unspecified atom stereocenters. The average Bonchev–Trinajstić information content (AvgIpc) is 2.90. The lowest BCUT2D eigenvalue weighted by Gasteiger charge is -2.26. The predicted octanol–water partition coefficient (Wildman–Crippen LogP) is 3.01. The minimum atomic E-state index is 0.230. The van der Waals surface area contributed by atoms with Crippen molar-refractivity contribution in [1.82, 2.24) is 10.1 Å². The number of anilines is 1. The maximum absolute atomic E-state index is 5.78. The molecule has 4 heteroatoms. The van der Waals surface area contributed by atoms with Gasteiger partial charge in [-0.05, 0) is 29.7 Å². The van der Waals surface area contributed by atoms with Crippen LogP contribution in [-0.2, 0) is 6.42 Å². The van der Waals surface area contributed by atoms with Gasteiger partial charge in [-0.25, -0.2) is 0 Å². The van der Waals surface area contributed by atoms with Gasteiger partial charge in [0.15, 0.2) is 0 Å². The van der Waals surface area contributed by atoms with Gasteiger partial charge >= 0.3 is 0 Å². The Morgan fingerprint density at radius 3 is 2.85 bits per heavy atom. The molecule has 2 N–H and O–H groups in total. The van der Waals surface area contributed by atoms with Gasteiger partial charge < -0.3 is 10.3 Å². The SMILES string of the molecule is Nc1cccc(-c2noc(C3Cc4ccccc43)n2)c1. The van der Waals surface area contributed by atoms with E-state index in [-0.39, 0.29) is 5.92 Å². The number of aromatic nitrogens is 2. The van der Waals surface area contributed by atoms with E-state index in [9.17, 15) is 0 Å². The minimum Gasteiger partial charge on any atom is -0.399 e. The van der Waals surface area contributed by atoms with Gasteiger partial charge in [0.2, 0.25) is 11.7 Å². The minimum absolute atomic E-state index is 0.230. The fourth-order valence-corrected chi connectivity index (χ4v) is 2.65. The van der Waals surface area contributed by atoms with Crippen molar-refractivity contribution in [3.05, 3.63) is 65.5 Å². The summed E-state index contributed by atoms with van der Waals surface area (Å²) in [6.07, 6.45) is 0.967. The summed E-state index contributed by atoms with van der Waals surface area (Å²) >= 11 is 0. The topological polar surface area (TPSA) is 64.9 Å². The highest BCUT2D eigenvalue weighted by atomic mass is 16.5. The van der Waals surface area contributed by atoms with Gasteiger partial charge in [0.05, 0.1) is 5.92 Å². The molecule has 4 nitrogen and oxygen atoms in total. The van der Waals surface area contributed by atoms with Crippen LogP contribution in [0.15, 0.2) is 53.1 Å². The first-order valence-electron chi connectivity index (χ1n) is 6.58. The molecule has 98 valence electrons. The molecule has 2 aromatic carbocycles. The van der Waals surface area contributed by atoms with Gasteiger partial charge in [0.25, 0.3) is 0 Å². The Balaban J connectivity index is 1.67. The molecule has 0 aliphatic heterocycles. The summed E-state index contributed by atoms with van der Waals surface area (Å²) in [4.78, 5) is 4.51. The van der Waals surface area contributed by atoms with Crippen LogP contribution in [0, 0.1) is 0 Å². The van der Waals surface area contributed by atoms with Crippen molar-refractivity contribution >= 4 is 5.69 Å². The molecular formula is C16H13N3O. The highest BCUT2D eigenvalue weighted by molar-refractivity contribution is 5.60. The van der Waals surface area contributed by atoms with Crippen molar-refractivity contribution in [2.75, 3.05) is 5.73 Å². The highest BCUT2D eigenvalue weighted by Crippen LogP contribution is 2.39. The number of nitrogens with two attached hydrogens (primary N) is 1.